The van der Waals surface area contributed by atoms with Gasteiger partial charge in [-0.25, -0.2) is 4.98 Å². The molecule has 4 aromatic heterocycles. The van der Waals surface area contributed by atoms with E-state index in [9.17, 15) is 9.59 Å². The Morgan fingerprint density at radius 3 is 2.75 bits per heavy atom. The number of carbonyl (C=O) groups is 1. The van der Waals surface area contributed by atoms with Gasteiger partial charge in [0.1, 0.15) is 22.9 Å². The van der Waals surface area contributed by atoms with E-state index in [1.165, 1.54) is 10.8 Å². The number of aryl methyl sites for hydroxylation is 1. The summed E-state index contributed by atoms with van der Waals surface area (Å²) >= 11 is 0. The van der Waals surface area contributed by atoms with Gasteiger partial charge in [0.15, 0.2) is 11.5 Å². The van der Waals surface area contributed by atoms with Crippen LogP contribution in [0.5, 0.6) is 0 Å². The molecule has 5 rings (SSSR count). The molecule has 1 aliphatic carbocycles. The minimum absolute atomic E-state index is 0.200. The molecule has 0 atom stereocenters. The lowest BCUT2D eigenvalue weighted by molar-refractivity contribution is 0.0918. The van der Waals surface area contributed by atoms with Gasteiger partial charge in [-0.15, -0.1) is 0 Å². The first-order valence-electron chi connectivity index (χ1n) is 10.4. The number of fused-ring (bicyclic) bond motifs is 1. The van der Waals surface area contributed by atoms with E-state index in [4.69, 9.17) is 0 Å². The minimum atomic E-state index is -0.268. The average Bonchev–Trinajstić information content (AvgIpc) is 3.38. The van der Waals surface area contributed by atoms with Gasteiger partial charge in [-0.05, 0) is 31.4 Å². The third kappa shape index (κ3) is 3.47. The largest absolute Gasteiger partial charge is 0.373 e. The predicted octanol–water partition coefficient (Wildman–Crippen LogP) is 1.68. The van der Waals surface area contributed by atoms with Crippen LogP contribution in [0.3, 0.4) is 0 Å². The molecule has 0 aromatic carbocycles. The van der Waals surface area contributed by atoms with Crippen molar-refractivity contribution in [3.8, 4) is 5.82 Å². The van der Waals surface area contributed by atoms with E-state index in [-0.39, 0.29) is 17.5 Å². The number of carbonyl (C=O) groups excluding carboxylic acids is 1. The molecular weight excluding hydrogens is 410 g/mol. The van der Waals surface area contributed by atoms with Gasteiger partial charge in [-0.2, -0.15) is 14.7 Å². The maximum atomic E-state index is 13.0. The van der Waals surface area contributed by atoms with Crippen molar-refractivity contribution < 1.29 is 4.79 Å². The van der Waals surface area contributed by atoms with Crippen molar-refractivity contribution in [1.29, 1.82) is 0 Å². The van der Waals surface area contributed by atoms with E-state index in [1.54, 1.807) is 60.0 Å². The molecule has 164 valence electrons. The number of nitrogens with one attached hydrogen (secondary N) is 3. The second-order valence-electron chi connectivity index (χ2n) is 7.74. The van der Waals surface area contributed by atoms with E-state index in [0.717, 1.165) is 19.3 Å². The summed E-state index contributed by atoms with van der Waals surface area (Å²) in [7, 11) is 3.55. The van der Waals surface area contributed by atoms with Gasteiger partial charge >= 0.3 is 0 Å². The molecule has 0 unspecified atom stereocenters. The fraction of sp³-hybridized carbons (Fsp3) is 0.286. The minimum Gasteiger partial charge on any atom is -0.373 e. The second-order valence-corrected chi connectivity index (χ2v) is 7.74. The van der Waals surface area contributed by atoms with Crippen LogP contribution in [0.4, 0.5) is 17.3 Å². The van der Waals surface area contributed by atoms with E-state index in [1.807, 2.05) is 0 Å². The molecule has 4 heterocycles. The fourth-order valence-corrected chi connectivity index (χ4v) is 3.62. The molecule has 11 heteroatoms. The molecule has 1 aliphatic rings. The molecular formula is C21H23N9O2. The Bertz CT molecular complexity index is 1360. The monoisotopic (exact) mass is 433 g/mol. The molecule has 0 saturated heterocycles. The van der Waals surface area contributed by atoms with Crippen LogP contribution in [-0.2, 0) is 7.05 Å². The van der Waals surface area contributed by atoms with Crippen LogP contribution < -0.4 is 21.5 Å². The highest BCUT2D eigenvalue weighted by molar-refractivity contribution is 6.00. The summed E-state index contributed by atoms with van der Waals surface area (Å²) < 4.78 is 4.65. The van der Waals surface area contributed by atoms with Gasteiger partial charge in [0.2, 0.25) is 0 Å². The number of rotatable bonds is 6. The van der Waals surface area contributed by atoms with E-state index in [0.29, 0.717) is 34.4 Å². The smallest absolute Gasteiger partial charge is 0.280 e. The van der Waals surface area contributed by atoms with Crippen molar-refractivity contribution in [2.45, 2.75) is 25.3 Å². The topological polar surface area (TPSA) is 123 Å². The van der Waals surface area contributed by atoms with Crippen molar-refractivity contribution >= 4 is 28.9 Å². The zero-order chi connectivity index (χ0) is 22.2. The van der Waals surface area contributed by atoms with Crippen LogP contribution >= 0.6 is 0 Å². The van der Waals surface area contributed by atoms with Gasteiger partial charge < -0.3 is 16.0 Å². The van der Waals surface area contributed by atoms with Crippen LogP contribution in [0, 0.1) is 0 Å². The standard InChI is InChI=1S/C21H23N9O2/c1-22-18-11-16(25-15-7-4-9-29(21(15)32)17-8-10-28(2)27-17)26-19-14(12-23-30(18)19)20(31)24-13-5-3-6-13/h4,7-13,22H,3,5-6H2,1-2H3,(H,24,31)(H,25,26). The highest BCUT2D eigenvalue weighted by Gasteiger charge is 2.23. The Morgan fingerprint density at radius 1 is 1.22 bits per heavy atom. The molecule has 0 bridgehead atoms. The summed E-state index contributed by atoms with van der Waals surface area (Å²) in [5.74, 6) is 1.36. The van der Waals surface area contributed by atoms with Crippen LogP contribution in [0.1, 0.15) is 29.6 Å². The summed E-state index contributed by atoms with van der Waals surface area (Å²) in [6.45, 7) is 0. The summed E-state index contributed by atoms with van der Waals surface area (Å²) in [5.41, 5.74) is 0.848. The second kappa shape index (κ2) is 7.84. The zero-order valence-electron chi connectivity index (χ0n) is 17.7. The van der Waals surface area contributed by atoms with Gasteiger partial charge in [0.25, 0.3) is 11.5 Å². The third-order valence-corrected chi connectivity index (χ3v) is 5.57. The Hall–Kier alpha value is -4.15. The molecule has 0 aliphatic heterocycles. The van der Waals surface area contributed by atoms with Crippen LogP contribution in [0.15, 0.2) is 47.7 Å². The first-order chi connectivity index (χ1) is 15.5. The molecule has 0 spiro atoms. The molecule has 4 aromatic rings. The fourth-order valence-electron chi connectivity index (χ4n) is 3.62. The lowest BCUT2D eigenvalue weighted by Gasteiger charge is -2.26. The Labute approximate surface area is 183 Å². The number of hydrogen-bond donors (Lipinski definition) is 3. The van der Waals surface area contributed by atoms with Crippen molar-refractivity contribution in [1.82, 2.24) is 34.3 Å². The summed E-state index contributed by atoms with van der Waals surface area (Å²) in [4.78, 5) is 30.3. The van der Waals surface area contributed by atoms with Crippen molar-refractivity contribution in [3.63, 3.8) is 0 Å². The SMILES string of the molecule is CNc1cc(Nc2cccn(-c3ccn(C)n3)c2=O)nc2c(C(=O)NC3CCC3)cnn12. The molecule has 1 saturated carbocycles. The number of aromatic nitrogens is 6. The lowest BCUT2D eigenvalue weighted by atomic mass is 9.93. The van der Waals surface area contributed by atoms with E-state index < -0.39 is 0 Å². The third-order valence-electron chi connectivity index (χ3n) is 5.57. The molecule has 11 nitrogen and oxygen atoms in total. The zero-order valence-corrected chi connectivity index (χ0v) is 17.7. The number of hydrogen-bond acceptors (Lipinski definition) is 7. The van der Waals surface area contributed by atoms with Crippen LogP contribution in [0.2, 0.25) is 0 Å². The van der Waals surface area contributed by atoms with Gasteiger partial charge in [-0.1, -0.05) is 0 Å². The van der Waals surface area contributed by atoms with Gasteiger partial charge in [-0.3, -0.25) is 18.8 Å². The Kier molecular flexibility index (Phi) is 4.85. The predicted molar refractivity (Wildman–Crippen MR) is 120 cm³/mol. The normalized spacial score (nSPS) is 13.7. The first-order valence-corrected chi connectivity index (χ1v) is 10.4. The Balaban J connectivity index is 1.51. The van der Waals surface area contributed by atoms with Crippen LogP contribution in [-0.4, -0.2) is 47.9 Å². The van der Waals surface area contributed by atoms with Crippen LogP contribution in [0.25, 0.3) is 11.5 Å². The number of amides is 1. The van der Waals surface area contributed by atoms with E-state index >= 15 is 0 Å². The maximum Gasteiger partial charge on any atom is 0.280 e. The highest BCUT2D eigenvalue weighted by Crippen LogP contribution is 2.22. The summed E-state index contributed by atoms with van der Waals surface area (Å²) in [5, 5.41) is 17.8. The number of pyridine rings is 1. The quantitative estimate of drug-likeness (QED) is 0.423. The molecule has 1 fully saturated rings. The Morgan fingerprint density at radius 2 is 2.06 bits per heavy atom. The molecule has 0 radical (unpaired) electrons. The van der Waals surface area contributed by atoms with Crippen molar-refractivity contribution in [2.24, 2.45) is 7.05 Å². The lowest BCUT2D eigenvalue weighted by Crippen LogP contribution is -2.39. The number of anilines is 3. The summed E-state index contributed by atoms with van der Waals surface area (Å²) in [6, 6.07) is 7.12. The molecule has 32 heavy (non-hydrogen) atoms. The molecule has 1 amide bonds. The highest BCUT2D eigenvalue weighted by atomic mass is 16.2. The first kappa shape index (κ1) is 19.8. The van der Waals surface area contributed by atoms with Crippen molar-refractivity contribution in [3.05, 3.63) is 58.8 Å². The molecule has 3 N–H and O–H groups in total. The van der Waals surface area contributed by atoms with E-state index in [2.05, 4.69) is 31.1 Å². The van der Waals surface area contributed by atoms with Gasteiger partial charge in [0.05, 0.1) is 6.20 Å². The maximum absolute atomic E-state index is 13.0. The average molecular weight is 433 g/mol. The van der Waals surface area contributed by atoms with Crippen molar-refractivity contribution in [2.75, 3.05) is 17.7 Å². The number of nitrogens with zero attached hydrogens (tertiary/aromatic N) is 6. The van der Waals surface area contributed by atoms with Gasteiger partial charge in [0, 0.05) is 44.7 Å². The summed E-state index contributed by atoms with van der Waals surface area (Å²) in [6.07, 6.45) is 8.05.